The maximum absolute atomic E-state index is 14.6. The monoisotopic (exact) mass is 548 g/mol. The first-order valence-electron chi connectivity index (χ1n) is 11.9. The number of rotatable bonds is 8. The van der Waals surface area contributed by atoms with Crippen LogP contribution in [0.4, 0.5) is 13.6 Å². The maximum Gasteiger partial charge on any atom is 0.409 e. The number of halogens is 3. The summed E-state index contributed by atoms with van der Waals surface area (Å²) in [7, 11) is -4.15. The fourth-order valence-corrected chi connectivity index (χ4v) is 6.19. The third-order valence-electron chi connectivity index (χ3n) is 6.31. The van der Waals surface area contributed by atoms with E-state index in [1.54, 1.807) is 4.90 Å². The van der Waals surface area contributed by atoms with E-state index in [2.05, 4.69) is 17.0 Å². The fourth-order valence-electron chi connectivity index (χ4n) is 4.30. The average molecular weight is 549 g/mol. The summed E-state index contributed by atoms with van der Waals surface area (Å²) in [5.41, 5.74) is 0.872. The summed E-state index contributed by atoms with van der Waals surface area (Å²) in [5.74, 6) is -1.62. The van der Waals surface area contributed by atoms with Crippen LogP contribution in [-0.4, -0.2) is 57.1 Å². The van der Waals surface area contributed by atoms with Crippen LogP contribution in [0.2, 0.25) is 5.02 Å². The molecule has 1 aliphatic heterocycles. The van der Waals surface area contributed by atoms with Gasteiger partial charge >= 0.3 is 6.09 Å². The Hall–Kier alpha value is -3.01. The minimum Gasteiger partial charge on any atom is -0.449 e. The molecule has 0 radical (unpaired) electrons. The minimum absolute atomic E-state index is 0.0913. The summed E-state index contributed by atoms with van der Waals surface area (Å²) in [5, 5.41) is -1.12. The van der Waals surface area contributed by atoms with Crippen LogP contribution in [-0.2, 0) is 21.1 Å². The number of carbonyl (C=O) groups is 1. The molecule has 0 N–H and O–H groups in total. The highest BCUT2D eigenvalue weighted by Gasteiger charge is 2.32. The van der Waals surface area contributed by atoms with Gasteiger partial charge in [-0.05, 0) is 48.0 Å². The van der Waals surface area contributed by atoms with Crippen molar-refractivity contribution in [3.8, 4) is 0 Å². The van der Waals surface area contributed by atoms with Gasteiger partial charge in [-0.1, -0.05) is 41.9 Å². The lowest BCUT2D eigenvalue weighted by atomic mass is 10.1. The molecule has 1 heterocycles. The van der Waals surface area contributed by atoms with Gasteiger partial charge in [-0.3, -0.25) is 4.90 Å². The molecule has 0 spiro atoms. The van der Waals surface area contributed by atoms with E-state index < -0.39 is 32.8 Å². The van der Waals surface area contributed by atoms with Crippen LogP contribution in [0.3, 0.4) is 0 Å². The van der Waals surface area contributed by atoms with Crippen molar-refractivity contribution in [2.45, 2.75) is 23.1 Å². The number of hydrogen-bond acceptors (Lipinski definition) is 5. The molecule has 1 amide bonds. The zero-order valence-corrected chi connectivity index (χ0v) is 21.6. The number of hydrogen-bond donors (Lipinski definition) is 0. The van der Waals surface area contributed by atoms with Crippen molar-refractivity contribution in [2.75, 3.05) is 32.8 Å². The predicted octanol–water partition coefficient (Wildman–Crippen LogP) is 5.48. The van der Waals surface area contributed by atoms with Crippen LogP contribution >= 0.6 is 11.6 Å². The van der Waals surface area contributed by atoms with Crippen LogP contribution in [0.5, 0.6) is 0 Å². The van der Waals surface area contributed by atoms with E-state index in [0.717, 1.165) is 24.7 Å². The molecule has 3 aromatic rings. The van der Waals surface area contributed by atoms with Crippen molar-refractivity contribution in [1.82, 2.24) is 9.80 Å². The molecule has 1 unspecified atom stereocenters. The van der Waals surface area contributed by atoms with Crippen LogP contribution in [0.15, 0.2) is 77.7 Å². The summed E-state index contributed by atoms with van der Waals surface area (Å²) in [6.07, 6.45) is -0.813. The molecule has 6 nitrogen and oxygen atoms in total. The van der Waals surface area contributed by atoms with E-state index in [-0.39, 0.29) is 23.5 Å². The first-order chi connectivity index (χ1) is 17.7. The Morgan fingerprint density at radius 1 is 0.946 bits per heavy atom. The number of carbonyl (C=O) groups excluding carboxylic acids is 1. The number of benzene rings is 3. The third-order valence-corrected chi connectivity index (χ3v) is 8.73. The number of nitrogens with zero attached hydrogens (tertiary/aromatic N) is 2. The second-order valence-electron chi connectivity index (χ2n) is 8.81. The Morgan fingerprint density at radius 2 is 1.62 bits per heavy atom. The normalized spacial score (nSPS) is 15.4. The van der Waals surface area contributed by atoms with E-state index in [1.165, 1.54) is 29.8 Å². The number of amides is 1. The van der Waals surface area contributed by atoms with Gasteiger partial charge in [-0.15, -0.1) is 0 Å². The van der Waals surface area contributed by atoms with Crippen molar-refractivity contribution in [3.05, 3.63) is 101 Å². The highest BCUT2D eigenvalue weighted by molar-refractivity contribution is 7.91. The molecule has 1 saturated heterocycles. The molecule has 0 saturated carbocycles. The van der Waals surface area contributed by atoms with Crippen molar-refractivity contribution >= 4 is 27.5 Å². The number of sulfone groups is 1. The summed E-state index contributed by atoms with van der Waals surface area (Å²) in [6, 6.07) is 18.1. The molecule has 196 valence electrons. The topological polar surface area (TPSA) is 66.9 Å². The highest BCUT2D eigenvalue weighted by atomic mass is 35.5. The summed E-state index contributed by atoms with van der Waals surface area (Å²) < 4.78 is 60.7. The first kappa shape index (κ1) is 27.0. The van der Waals surface area contributed by atoms with E-state index in [1.807, 2.05) is 18.2 Å². The highest BCUT2D eigenvalue weighted by Crippen LogP contribution is 2.34. The van der Waals surface area contributed by atoms with Crippen LogP contribution < -0.4 is 0 Å². The number of piperazine rings is 1. The second-order valence-corrected chi connectivity index (χ2v) is 11.4. The smallest absolute Gasteiger partial charge is 0.409 e. The Bertz CT molecular complexity index is 1320. The lowest BCUT2D eigenvalue weighted by molar-refractivity contribution is 0.0736. The van der Waals surface area contributed by atoms with Crippen molar-refractivity contribution in [2.24, 2.45) is 0 Å². The summed E-state index contributed by atoms with van der Waals surface area (Å²) in [4.78, 5) is 16.4. The van der Waals surface area contributed by atoms with Crippen LogP contribution in [0, 0.1) is 11.6 Å². The molecule has 0 aliphatic carbocycles. The molecular weight excluding hydrogens is 522 g/mol. The summed E-state index contributed by atoms with van der Waals surface area (Å²) >= 11 is 5.88. The summed E-state index contributed by atoms with van der Waals surface area (Å²) in [6.45, 7) is 2.79. The molecule has 0 bridgehead atoms. The van der Waals surface area contributed by atoms with Gasteiger partial charge in [0.05, 0.1) is 16.8 Å². The molecule has 1 aliphatic rings. The van der Waals surface area contributed by atoms with Gasteiger partial charge in [0.15, 0.2) is 9.84 Å². The first-order valence-corrected chi connectivity index (χ1v) is 13.8. The van der Waals surface area contributed by atoms with Crippen LogP contribution in [0.25, 0.3) is 0 Å². The molecule has 37 heavy (non-hydrogen) atoms. The van der Waals surface area contributed by atoms with E-state index >= 15 is 0 Å². The van der Waals surface area contributed by atoms with Gasteiger partial charge in [0.25, 0.3) is 0 Å². The zero-order chi connectivity index (χ0) is 26.4. The van der Waals surface area contributed by atoms with E-state index in [4.69, 9.17) is 16.3 Å². The Kier molecular flexibility index (Phi) is 8.79. The van der Waals surface area contributed by atoms with E-state index in [0.29, 0.717) is 31.2 Å². The largest absolute Gasteiger partial charge is 0.449 e. The lowest BCUT2D eigenvalue weighted by Gasteiger charge is -2.34. The molecular formula is C27H27ClF2N2O4S. The van der Waals surface area contributed by atoms with Gasteiger partial charge in [0, 0.05) is 49.7 Å². The number of ether oxygens (including phenoxy) is 1. The molecule has 0 aromatic heterocycles. The quantitative estimate of drug-likeness (QED) is 0.373. The van der Waals surface area contributed by atoms with Crippen LogP contribution in [0.1, 0.15) is 22.8 Å². The third kappa shape index (κ3) is 6.85. The van der Waals surface area contributed by atoms with Gasteiger partial charge < -0.3 is 9.64 Å². The molecule has 10 heteroatoms. The molecule has 1 atom stereocenters. The Balaban J connectivity index is 1.39. The van der Waals surface area contributed by atoms with E-state index in [9.17, 15) is 22.0 Å². The Labute approximate surface area is 220 Å². The lowest BCUT2D eigenvalue weighted by Crippen LogP contribution is -2.48. The Morgan fingerprint density at radius 3 is 2.30 bits per heavy atom. The molecule has 4 rings (SSSR count). The van der Waals surface area contributed by atoms with Crippen molar-refractivity contribution in [3.63, 3.8) is 0 Å². The van der Waals surface area contributed by atoms with Crippen molar-refractivity contribution < 1.29 is 26.7 Å². The maximum atomic E-state index is 14.6. The fraction of sp³-hybridized carbons (Fsp3) is 0.296. The molecule has 1 fully saturated rings. The standard InChI is InChI=1S/C27H27ClF2N2O4S/c28-21-6-9-23(10-7-21)37(34,35)26(24-18-22(29)8-11-25(24)30)12-17-36-27(33)32-15-13-31(14-16-32)19-20-4-2-1-3-5-20/h1-11,18,26H,12-17,19H2. The van der Waals surface area contributed by atoms with Gasteiger partial charge in [0.1, 0.15) is 11.6 Å². The van der Waals surface area contributed by atoms with Gasteiger partial charge in [-0.2, -0.15) is 0 Å². The predicted molar refractivity (Wildman–Crippen MR) is 137 cm³/mol. The van der Waals surface area contributed by atoms with Crippen molar-refractivity contribution in [1.29, 1.82) is 0 Å². The zero-order valence-electron chi connectivity index (χ0n) is 20.0. The molecule has 3 aromatic carbocycles. The SMILES string of the molecule is O=C(OCCC(c1cc(F)ccc1F)S(=O)(=O)c1ccc(Cl)cc1)N1CCN(Cc2ccccc2)CC1. The average Bonchev–Trinajstić information content (AvgIpc) is 2.89. The van der Waals surface area contributed by atoms with Gasteiger partial charge in [-0.25, -0.2) is 22.0 Å². The minimum atomic E-state index is -4.15. The second kappa shape index (κ2) is 12.0. The van der Waals surface area contributed by atoms with Gasteiger partial charge in [0.2, 0.25) is 0 Å².